The van der Waals surface area contributed by atoms with Gasteiger partial charge in [-0.15, -0.1) is 0 Å². The van der Waals surface area contributed by atoms with Crippen LogP contribution in [0.2, 0.25) is 0 Å². The highest BCUT2D eigenvalue weighted by atomic mass is 32.2. The van der Waals surface area contributed by atoms with Crippen LogP contribution in [0.25, 0.3) is 6.08 Å². The lowest BCUT2D eigenvalue weighted by Gasteiger charge is -2.06. The third-order valence-corrected chi connectivity index (χ3v) is 3.13. The maximum absolute atomic E-state index is 11.5. The molecule has 0 aliphatic carbocycles. The minimum absolute atomic E-state index is 0.723. The lowest BCUT2D eigenvalue weighted by atomic mass is 10.2. The van der Waals surface area contributed by atoms with Crippen molar-refractivity contribution >= 4 is 22.1 Å². The zero-order valence-corrected chi connectivity index (χ0v) is 10.0. The smallest absolute Gasteiger partial charge is 0.321 e. The van der Waals surface area contributed by atoms with Crippen molar-refractivity contribution in [3.63, 3.8) is 0 Å². The second-order valence-electron chi connectivity index (χ2n) is 3.44. The number of carbonyl (C=O) groups is 1. The van der Waals surface area contributed by atoms with Crippen LogP contribution in [0.1, 0.15) is 12.5 Å². The van der Waals surface area contributed by atoms with Crippen LogP contribution >= 0.6 is 0 Å². The van der Waals surface area contributed by atoms with E-state index in [0.717, 1.165) is 11.0 Å². The van der Waals surface area contributed by atoms with Crippen LogP contribution in [0.3, 0.4) is 0 Å². The molecule has 0 heterocycles. The van der Waals surface area contributed by atoms with Gasteiger partial charge in [0.05, 0.1) is 0 Å². The number of carboxylic acid groups (broad SMARTS) is 1. The van der Waals surface area contributed by atoms with Crippen LogP contribution in [-0.2, 0) is 14.8 Å². The Morgan fingerprint density at radius 2 is 1.94 bits per heavy atom. The van der Waals surface area contributed by atoms with Gasteiger partial charge in [0, 0.05) is 5.41 Å². The molecule has 0 spiro atoms. The molecule has 0 saturated heterocycles. The second kappa shape index (κ2) is 5.60. The molecule has 5 nitrogen and oxygen atoms in total. The van der Waals surface area contributed by atoms with E-state index in [1.54, 1.807) is 24.3 Å². The van der Waals surface area contributed by atoms with Crippen molar-refractivity contribution in [2.75, 3.05) is 0 Å². The lowest BCUT2D eigenvalue weighted by Crippen LogP contribution is -2.37. The Morgan fingerprint density at radius 1 is 1.35 bits per heavy atom. The summed E-state index contributed by atoms with van der Waals surface area (Å²) >= 11 is 0. The Bertz CT molecular complexity index is 508. The Kier molecular flexibility index (Phi) is 4.42. The van der Waals surface area contributed by atoms with Gasteiger partial charge in [0.1, 0.15) is 6.04 Å². The Balaban J connectivity index is 2.74. The van der Waals surface area contributed by atoms with Gasteiger partial charge in [-0.1, -0.05) is 30.3 Å². The first-order valence-corrected chi connectivity index (χ1v) is 6.43. The molecule has 92 valence electrons. The molecule has 0 amide bonds. The topological polar surface area (TPSA) is 83.5 Å². The number of hydrogen-bond acceptors (Lipinski definition) is 3. The van der Waals surface area contributed by atoms with E-state index in [2.05, 4.69) is 0 Å². The van der Waals surface area contributed by atoms with E-state index in [0.29, 0.717) is 0 Å². The van der Waals surface area contributed by atoms with Crippen molar-refractivity contribution < 1.29 is 18.3 Å². The summed E-state index contributed by atoms with van der Waals surface area (Å²) in [7, 11) is -3.74. The van der Waals surface area contributed by atoms with Crippen molar-refractivity contribution in [2.24, 2.45) is 0 Å². The van der Waals surface area contributed by atoms with Gasteiger partial charge in [0.25, 0.3) is 0 Å². The Labute approximate surface area is 99.8 Å². The molecule has 1 rings (SSSR count). The highest BCUT2D eigenvalue weighted by Gasteiger charge is 2.16. The summed E-state index contributed by atoms with van der Waals surface area (Å²) in [4.78, 5) is 10.5. The van der Waals surface area contributed by atoms with Crippen molar-refractivity contribution in [1.82, 2.24) is 4.72 Å². The van der Waals surface area contributed by atoms with E-state index < -0.39 is 22.0 Å². The predicted octanol–water partition coefficient (Wildman–Crippen LogP) is 1.05. The minimum atomic E-state index is -3.74. The maximum Gasteiger partial charge on any atom is 0.321 e. The number of carboxylic acids is 1. The molecule has 0 aliphatic heterocycles. The van der Waals surface area contributed by atoms with Gasteiger partial charge in [0.2, 0.25) is 10.0 Å². The summed E-state index contributed by atoms with van der Waals surface area (Å²) in [5.74, 6) is -1.22. The van der Waals surface area contributed by atoms with E-state index in [4.69, 9.17) is 5.11 Å². The molecule has 0 radical (unpaired) electrons. The van der Waals surface area contributed by atoms with Gasteiger partial charge in [-0.05, 0) is 18.6 Å². The molecule has 17 heavy (non-hydrogen) atoms. The third-order valence-electron chi connectivity index (χ3n) is 1.95. The highest BCUT2D eigenvalue weighted by Crippen LogP contribution is 2.03. The summed E-state index contributed by atoms with van der Waals surface area (Å²) in [6.07, 6.45) is 1.40. The first-order valence-electron chi connectivity index (χ1n) is 4.89. The Morgan fingerprint density at radius 3 is 2.47 bits per heavy atom. The van der Waals surface area contributed by atoms with Crippen LogP contribution in [0.15, 0.2) is 35.7 Å². The Hall–Kier alpha value is -1.66. The minimum Gasteiger partial charge on any atom is -0.480 e. The fourth-order valence-electron chi connectivity index (χ4n) is 1.07. The van der Waals surface area contributed by atoms with Gasteiger partial charge in [-0.3, -0.25) is 4.79 Å². The molecular weight excluding hydrogens is 242 g/mol. The van der Waals surface area contributed by atoms with Gasteiger partial charge in [-0.2, -0.15) is 4.72 Å². The van der Waals surface area contributed by atoms with E-state index >= 15 is 0 Å². The monoisotopic (exact) mass is 255 g/mol. The van der Waals surface area contributed by atoms with Crippen molar-refractivity contribution in [2.45, 2.75) is 13.0 Å². The normalized spacial score (nSPS) is 13.7. The first-order chi connectivity index (χ1) is 7.91. The van der Waals surface area contributed by atoms with Gasteiger partial charge in [0.15, 0.2) is 0 Å². The quantitative estimate of drug-likeness (QED) is 0.823. The zero-order valence-electron chi connectivity index (χ0n) is 9.20. The molecule has 0 fully saturated rings. The molecule has 0 aliphatic rings. The molecule has 1 aromatic carbocycles. The van der Waals surface area contributed by atoms with Crippen LogP contribution in [-0.4, -0.2) is 25.5 Å². The number of aliphatic carboxylic acids is 1. The molecule has 1 aromatic rings. The largest absolute Gasteiger partial charge is 0.480 e. The molecule has 0 saturated carbocycles. The third kappa shape index (κ3) is 4.80. The van der Waals surface area contributed by atoms with Gasteiger partial charge in [-0.25, -0.2) is 8.42 Å². The summed E-state index contributed by atoms with van der Waals surface area (Å²) in [5.41, 5.74) is 0.723. The van der Waals surface area contributed by atoms with Gasteiger partial charge < -0.3 is 5.11 Å². The average molecular weight is 255 g/mol. The number of nitrogens with one attached hydrogen (secondary N) is 1. The summed E-state index contributed by atoms with van der Waals surface area (Å²) < 4.78 is 24.9. The zero-order chi connectivity index (χ0) is 12.9. The molecule has 0 bridgehead atoms. The van der Waals surface area contributed by atoms with Gasteiger partial charge >= 0.3 is 5.97 Å². The van der Waals surface area contributed by atoms with Crippen LogP contribution in [0.5, 0.6) is 0 Å². The fraction of sp³-hybridized carbons (Fsp3) is 0.182. The van der Waals surface area contributed by atoms with Crippen LogP contribution in [0, 0.1) is 0 Å². The number of hydrogen-bond donors (Lipinski definition) is 2. The summed E-state index contributed by atoms with van der Waals surface area (Å²) in [6, 6.07) is 7.70. The average Bonchev–Trinajstić information content (AvgIpc) is 2.27. The van der Waals surface area contributed by atoms with E-state index in [1.807, 2.05) is 10.8 Å². The second-order valence-corrected chi connectivity index (χ2v) is 5.03. The van der Waals surface area contributed by atoms with Crippen molar-refractivity contribution in [1.29, 1.82) is 0 Å². The van der Waals surface area contributed by atoms with E-state index in [1.165, 1.54) is 13.0 Å². The molecule has 1 atom stereocenters. The molecule has 0 unspecified atom stereocenters. The molecule has 6 heteroatoms. The standard InChI is InChI=1S/C11H13NO4S/c1-9(11(13)14)12-17(15,16)8-7-10-5-3-2-4-6-10/h2-9,12H,1H3,(H,13,14)/b8-7+/t9-/m1/s1. The fourth-order valence-corrected chi connectivity index (χ4v) is 2.08. The number of sulfonamides is 1. The van der Waals surface area contributed by atoms with Crippen molar-refractivity contribution in [3.8, 4) is 0 Å². The van der Waals surface area contributed by atoms with E-state index in [9.17, 15) is 13.2 Å². The maximum atomic E-state index is 11.5. The van der Waals surface area contributed by atoms with Crippen LogP contribution < -0.4 is 4.72 Å². The lowest BCUT2D eigenvalue weighted by molar-refractivity contribution is -0.138. The van der Waals surface area contributed by atoms with Crippen molar-refractivity contribution in [3.05, 3.63) is 41.3 Å². The summed E-state index contributed by atoms with van der Waals surface area (Å²) in [6.45, 7) is 1.26. The van der Waals surface area contributed by atoms with E-state index in [-0.39, 0.29) is 0 Å². The number of rotatable bonds is 5. The molecule has 2 N–H and O–H groups in total. The highest BCUT2D eigenvalue weighted by molar-refractivity contribution is 7.92. The van der Waals surface area contributed by atoms with Crippen LogP contribution in [0.4, 0.5) is 0 Å². The first kappa shape index (κ1) is 13.4. The number of benzene rings is 1. The molecular formula is C11H13NO4S. The molecule has 0 aromatic heterocycles. The summed E-state index contributed by atoms with van der Waals surface area (Å²) in [5, 5.41) is 9.53. The predicted molar refractivity (Wildman–Crippen MR) is 64.6 cm³/mol. The SMILES string of the molecule is C[C@@H](NS(=O)(=O)/C=C/c1ccccc1)C(=O)O.